The summed E-state index contributed by atoms with van der Waals surface area (Å²) in [7, 11) is 1.34. The Morgan fingerprint density at radius 3 is 2.39 bits per heavy atom. The van der Waals surface area contributed by atoms with Crippen LogP contribution in [0.2, 0.25) is 0 Å². The summed E-state index contributed by atoms with van der Waals surface area (Å²) >= 11 is 0. The van der Waals surface area contributed by atoms with Gasteiger partial charge in [-0.25, -0.2) is 0 Å². The summed E-state index contributed by atoms with van der Waals surface area (Å²) in [6, 6.07) is 9.86. The molecule has 0 saturated carbocycles. The summed E-state index contributed by atoms with van der Waals surface area (Å²) in [5.74, 6) is -1.32. The zero-order chi connectivity index (χ0) is 23.0. The van der Waals surface area contributed by atoms with Crippen molar-refractivity contribution < 1.29 is 39.1 Å². The molecule has 7 atom stereocenters. The quantitative estimate of drug-likeness (QED) is 0.443. The van der Waals surface area contributed by atoms with Gasteiger partial charge in [0.25, 0.3) is 0 Å². The topological polar surface area (TPSA) is 123 Å². The summed E-state index contributed by atoms with van der Waals surface area (Å²) in [4.78, 5) is 25.1. The Kier molecular flexibility index (Phi) is 10.1. The van der Waals surface area contributed by atoms with Crippen molar-refractivity contribution in [3.8, 4) is 0 Å². The first-order valence-corrected chi connectivity index (χ1v) is 10.7. The Morgan fingerprint density at radius 1 is 1.10 bits per heavy atom. The van der Waals surface area contributed by atoms with Crippen LogP contribution >= 0.6 is 0 Å². The molecule has 0 aromatic heterocycles. The van der Waals surface area contributed by atoms with Crippen LogP contribution in [0.1, 0.15) is 44.6 Å². The van der Waals surface area contributed by atoms with Gasteiger partial charge in [-0.15, -0.1) is 0 Å². The van der Waals surface area contributed by atoms with E-state index in [4.69, 9.17) is 14.2 Å². The second kappa shape index (κ2) is 12.3. The molecule has 1 aromatic carbocycles. The van der Waals surface area contributed by atoms with Crippen LogP contribution in [0.25, 0.3) is 0 Å². The number of carbonyl (C=O) groups excluding carboxylic acids is 2. The fourth-order valence-electron chi connectivity index (χ4n) is 3.88. The second-order valence-corrected chi connectivity index (χ2v) is 8.14. The number of aliphatic hydroxyl groups excluding tert-OH is 3. The summed E-state index contributed by atoms with van der Waals surface area (Å²) < 4.78 is 15.5. The molecule has 31 heavy (non-hydrogen) atoms. The molecule has 0 radical (unpaired) electrons. The van der Waals surface area contributed by atoms with Crippen molar-refractivity contribution in [2.45, 2.75) is 63.6 Å². The Balaban J connectivity index is 1.96. The molecule has 0 bridgehead atoms. The van der Waals surface area contributed by atoms with E-state index >= 15 is 0 Å². The highest BCUT2D eigenvalue weighted by molar-refractivity contribution is 5.83. The van der Waals surface area contributed by atoms with Crippen LogP contribution < -0.4 is 0 Å². The molecule has 1 aromatic rings. The summed E-state index contributed by atoms with van der Waals surface area (Å²) in [6.45, 7) is 3.38. The highest BCUT2D eigenvalue weighted by Crippen LogP contribution is 2.29. The largest absolute Gasteiger partial charge is 0.469 e. The number of ether oxygens (including phenoxy) is 3. The number of ketones is 1. The standard InChI is InChI=1S/C23H34O8/c1-4-15(18(24)12-30-23-21(27)20(26)19(25)13-31-23)11-17(22(28)29-3)10-14(2)16-8-6-5-7-9-16/h5-9,14-15,17,19-21,23,25-27H,4,10-13H2,1-3H3. The Hall–Kier alpha value is -1.84. The van der Waals surface area contributed by atoms with Gasteiger partial charge in [0.2, 0.25) is 0 Å². The van der Waals surface area contributed by atoms with Crippen LogP contribution in [0.5, 0.6) is 0 Å². The normalized spacial score (nSPS) is 26.6. The van der Waals surface area contributed by atoms with E-state index < -0.39 is 36.4 Å². The highest BCUT2D eigenvalue weighted by atomic mass is 16.7. The Morgan fingerprint density at radius 2 is 1.77 bits per heavy atom. The van der Waals surface area contributed by atoms with Gasteiger partial charge in [-0.3, -0.25) is 9.59 Å². The maximum atomic E-state index is 12.7. The molecule has 0 amide bonds. The van der Waals surface area contributed by atoms with Gasteiger partial charge in [0.05, 0.1) is 19.6 Å². The predicted molar refractivity (Wildman–Crippen MR) is 112 cm³/mol. The van der Waals surface area contributed by atoms with E-state index in [0.29, 0.717) is 19.3 Å². The maximum absolute atomic E-state index is 12.7. The third-order valence-electron chi connectivity index (χ3n) is 5.90. The first kappa shape index (κ1) is 25.4. The third kappa shape index (κ3) is 7.08. The molecule has 7 unspecified atom stereocenters. The van der Waals surface area contributed by atoms with Crippen LogP contribution in [0.3, 0.4) is 0 Å². The first-order chi connectivity index (χ1) is 14.8. The average Bonchev–Trinajstić information content (AvgIpc) is 2.79. The average molecular weight is 439 g/mol. The predicted octanol–water partition coefficient (Wildman–Crippen LogP) is 1.41. The van der Waals surface area contributed by atoms with Crippen molar-refractivity contribution in [3.05, 3.63) is 35.9 Å². The number of rotatable bonds is 11. The molecule has 2 rings (SSSR count). The third-order valence-corrected chi connectivity index (χ3v) is 5.90. The van der Waals surface area contributed by atoms with Gasteiger partial charge in [-0.1, -0.05) is 44.2 Å². The number of hydrogen-bond acceptors (Lipinski definition) is 8. The molecule has 0 aliphatic carbocycles. The van der Waals surface area contributed by atoms with Crippen molar-refractivity contribution in [3.63, 3.8) is 0 Å². The van der Waals surface area contributed by atoms with E-state index in [0.717, 1.165) is 5.56 Å². The van der Waals surface area contributed by atoms with Crippen molar-refractivity contribution in [2.75, 3.05) is 20.3 Å². The lowest BCUT2D eigenvalue weighted by molar-refractivity contribution is -0.268. The van der Waals surface area contributed by atoms with E-state index in [1.54, 1.807) is 0 Å². The minimum Gasteiger partial charge on any atom is -0.469 e. The summed E-state index contributed by atoms with van der Waals surface area (Å²) in [5, 5.41) is 29.2. The lowest BCUT2D eigenvalue weighted by Crippen LogP contribution is -2.54. The molecule has 8 heteroatoms. The minimum absolute atomic E-state index is 0.118. The Bertz CT molecular complexity index is 694. The van der Waals surface area contributed by atoms with Crippen molar-refractivity contribution in [1.29, 1.82) is 0 Å². The van der Waals surface area contributed by atoms with E-state index in [9.17, 15) is 24.9 Å². The van der Waals surface area contributed by atoms with Gasteiger partial charge in [0, 0.05) is 5.92 Å². The number of methoxy groups -OCH3 is 1. The van der Waals surface area contributed by atoms with Crippen LogP contribution in [-0.4, -0.2) is 72.0 Å². The van der Waals surface area contributed by atoms with Crippen LogP contribution in [-0.2, 0) is 23.8 Å². The molecule has 1 aliphatic heterocycles. The van der Waals surface area contributed by atoms with Gasteiger partial charge < -0.3 is 29.5 Å². The summed E-state index contributed by atoms with van der Waals surface area (Å²) in [5.41, 5.74) is 1.11. The van der Waals surface area contributed by atoms with E-state index in [1.807, 2.05) is 44.2 Å². The van der Waals surface area contributed by atoms with Gasteiger partial charge in [0.15, 0.2) is 12.1 Å². The van der Waals surface area contributed by atoms with Crippen LogP contribution in [0.15, 0.2) is 30.3 Å². The van der Waals surface area contributed by atoms with E-state index in [1.165, 1.54) is 7.11 Å². The number of Topliss-reactive ketones (excluding diaryl/α,β-unsaturated/α-hetero) is 1. The molecule has 1 heterocycles. The van der Waals surface area contributed by atoms with E-state index in [-0.39, 0.29) is 30.9 Å². The zero-order valence-corrected chi connectivity index (χ0v) is 18.3. The van der Waals surface area contributed by atoms with Crippen molar-refractivity contribution in [2.24, 2.45) is 11.8 Å². The molecule has 0 spiro atoms. The molecule has 1 fully saturated rings. The van der Waals surface area contributed by atoms with Crippen LogP contribution in [0.4, 0.5) is 0 Å². The molecule has 1 saturated heterocycles. The van der Waals surface area contributed by atoms with Crippen molar-refractivity contribution >= 4 is 11.8 Å². The summed E-state index contributed by atoms with van der Waals surface area (Å²) in [6.07, 6.45) is -3.86. The lowest BCUT2D eigenvalue weighted by Gasteiger charge is -2.34. The van der Waals surface area contributed by atoms with Gasteiger partial charge in [0.1, 0.15) is 24.9 Å². The Labute approximate surface area is 183 Å². The van der Waals surface area contributed by atoms with Gasteiger partial charge >= 0.3 is 5.97 Å². The smallest absolute Gasteiger partial charge is 0.308 e. The van der Waals surface area contributed by atoms with Crippen LogP contribution in [0, 0.1) is 11.8 Å². The SMILES string of the molecule is CCC(CC(CC(C)c1ccccc1)C(=O)OC)C(=O)COC1OCC(O)C(O)C1O. The van der Waals surface area contributed by atoms with Gasteiger partial charge in [-0.2, -0.15) is 0 Å². The van der Waals surface area contributed by atoms with Gasteiger partial charge in [-0.05, 0) is 30.7 Å². The molecular weight excluding hydrogens is 404 g/mol. The molecule has 3 N–H and O–H groups in total. The number of esters is 1. The fraction of sp³-hybridized carbons (Fsp3) is 0.652. The zero-order valence-electron chi connectivity index (χ0n) is 18.3. The first-order valence-electron chi connectivity index (χ1n) is 10.7. The maximum Gasteiger partial charge on any atom is 0.308 e. The number of benzene rings is 1. The second-order valence-electron chi connectivity index (χ2n) is 8.14. The molecule has 174 valence electrons. The van der Waals surface area contributed by atoms with Crippen molar-refractivity contribution in [1.82, 2.24) is 0 Å². The molecular formula is C23H34O8. The number of aliphatic hydroxyl groups is 3. The fourth-order valence-corrected chi connectivity index (χ4v) is 3.88. The molecule has 1 aliphatic rings. The molecule has 8 nitrogen and oxygen atoms in total. The minimum atomic E-state index is -1.45. The highest BCUT2D eigenvalue weighted by Gasteiger charge is 2.39. The lowest BCUT2D eigenvalue weighted by atomic mass is 9.82. The number of carbonyl (C=O) groups is 2. The monoisotopic (exact) mass is 438 g/mol. The number of hydrogen-bond donors (Lipinski definition) is 3. The van der Waals surface area contributed by atoms with E-state index in [2.05, 4.69) is 0 Å².